The van der Waals surface area contributed by atoms with Gasteiger partial charge in [0.05, 0.1) is 0 Å². The molecule has 2 rings (SSSR count). The molecule has 104 valence electrons. The van der Waals surface area contributed by atoms with E-state index in [1.54, 1.807) is 18.2 Å². The molecule has 0 spiro atoms. The van der Waals surface area contributed by atoms with Crippen molar-refractivity contribution in [3.63, 3.8) is 0 Å². The standard InChI is InChI=1S/C16H23NO2/c1-12(14-5-3-7-17-11-14)8-16(19)10-13-4-2-6-15(18)9-13/h2,4,6,9,12,14,17-18H,3,5,7-8,10-11H2,1H3. The summed E-state index contributed by atoms with van der Waals surface area (Å²) in [5.74, 6) is 1.57. The first-order chi connectivity index (χ1) is 9.15. The molecule has 19 heavy (non-hydrogen) atoms. The lowest BCUT2D eigenvalue weighted by Gasteiger charge is -2.28. The molecule has 1 heterocycles. The van der Waals surface area contributed by atoms with Gasteiger partial charge in [-0.25, -0.2) is 0 Å². The Morgan fingerprint density at radius 3 is 3.05 bits per heavy atom. The number of ketones is 1. The first-order valence-electron chi connectivity index (χ1n) is 7.15. The summed E-state index contributed by atoms with van der Waals surface area (Å²) >= 11 is 0. The molecular formula is C16H23NO2. The van der Waals surface area contributed by atoms with Gasteiger partial charge in [-0.15, -0.1) is 0 Å². The van der Waals surface area contributed by atoms with Crippen molar-refractivity contribution in [3.8, 4) is 5.75 Å². The Bertz CT molecular complexity index is 425. The second kappa shape index (κ2) is 6.71. The van der Waals surface area contributed by atoms with E-state index in [4.69, 9.17) is 0 Å². The van der Waals surface area contributed by atoms with E-state index in [0.717, 1.165) is 18.7 Å². The molecule has 1 aliphatic rings. The summed E-state index contributed by atoms with van der Waals surface area (Å²) in [6.07, 6.45) is 3.52. The molecule has 0 bridgehead atoms. The van der Waals surface area contributed by atoms with Crippen LogP contribution in [0.15, 0.2) is 24.3 Å². The number of Topliss-reactive ketones (excluding diaryl/α,β-unsaturated/α-hetero) is 1. The number of carbonyl (C=O) groups excluding carboxylic acids is 1. The molecule has 1 aromatic carbocycles. The Morgan fingerprint density at radius 2 is 2.37 bits per heavy atom. The number of hydrogen-bond acceptors (Lipinski definition) is 3. The Labute approximate surface area is 115 Å². The number of phenols is 1. The van der Waals surface area contributed by atoms with Crippen molar-refractivity contribution in [2.24, 2.45) is 11.8 Å². The highest BCUT2D eigenvalue weighted by Gasteiger charge is 2.21. The predicted octanol–water partition coefficient (Wildman–Crippen LogP) is 2.53. The summed E-state index contributed by atoms with van der Waals surface area (Å²) in [6, 6.07) is 6.98. The molecule has 3 heteroatoms. The monoisotopic (exact) mass is 261 g/mol. The van der Waals surface area contributed by atoms with Gasteiger partial charge < -0.3 is 10.4 Å². The fraction of sp³-hybridized carbons (Fsp3) is 0.562. The molecule has 1 saturated heterocycles. The number of piperidine rings is 1. The lowest BCUT2D eigenvalue weighted by atomic mass is 9.83. The molecular weight excluding hydrogens is 238 g/mol. The normalized spacial score (nSPS) is 21.0. The largest absolute Gasteiger partial charge is 0.508 e. The summed E-state index contributed by atoms with van der Waals surface area (Å²) in [4.78, 5) is 12.1. The lowest BCUT2D eigenvalue weighted by Crippen LogP contribution is -2.34. The van der Waals surface area contributed by atoms with Gasteiger partial charge in [-0.1, -0.05) is 19.1 Å². The Kier molecular flexibility index (Phi) is 4.97. The highest BCUT2D eigenvalue weighted by molar-refractivity contribution is 5.81. The van der Waals surface area contributed by atoms with E-state index in [0.29, 0.717) is 24.7 Å². The first-order valence-corrected chi connectivity index (χ1v) is 7.15. The van der Waals surface area contributed by atoms with Crippen molar-refractivity contribution >= 4 is 5.78 Å². The first kappa shape index (κ1) is 14.1. The number of nitrogens with one attached hydrogen (secondary N) is 1. The minimum atomic E-state index is 0.231. The zero-order chi connectivity index (χ0) is 13.7. The zero-order valence-corrected chi connectivity index (χ0v) is 11.6. The highest BCUT2D eigenvalue weighted by Crippen LogP contribution is 2.23. The average molecular weight is 261 g/mol. The number of hydrogen-bond donors (Lipinski definition) is 2. The molecule has 0 amide bonds. The average Bonchev–Trinajstić information content (AvgIpc) is 2.39. The van der Waals surface area contributed by atoms with Gasteiger partial charge in [0.2, 0.25) is 0 Å². The van der Waals surface area contributed by atoms with Gasteiger partial charge in [-0.3, -0.25) is 4.79 Å². The van der Waals surface area contributed by atoms with Crippen LogP contribution in [0.1, 0.15) is 31.7 Å². The molecule has 1 fully saturated rings. The Hall–Kier alpha value is -1.35. The van der Waals surface area contributed by atoms with Gasteiger partial charge >= 0.3 is 0 Å². The molecule has 0 radical (unpaired) electrons. The molecule has 0 saturated carbocycles. The number of phenolic OH excluding ortho intramolecular Hbond substituents is 1. The van der Waals surface area contributed by atoms with E-state index in [9.17, 15) is 9.90 Å². The Morgan fingerprint density at radius 1 is 1.53 bits per heavy atom. The molecule has 2 unspecified atom stereocenters. The minimum Gasteiger partial charge on any atom is -0.508 e. The zero-order valence-electron chi connectivity index (χ0n) is 11.6. The summed E-state index contributed by atoms with van der Waals surface area (Å²) in [7, 11) is 0. The lowest BCUT2D eigenvalue weighted by molar-refractivity contribution is -0.119. The van der Waals surface area contributed by atoms with Gasteiger partial charge in [0.25, 0.3) is 0 Å². The van der Waals surface area contributed by atoms with Crippen LogP contribution in [0, 0.1) is 11.8 Å². The van der Waals surface area contributed by atoms with Crippen molar-refractivity contribution < 1.29 is 9.90 Å². The topological polar surface area (TPSA) is 49.3 Å². The third-order valence-corrected chi connectivity index (χ3v) is 4.00. The van der Waals surface area contributed by atoms with Crippen molar-refractivity contribution in [3.05, 3.63) is 29.8 Å². The molecule has 2 atom stereocenters. The van der Waals surface area contributed by atoms with E-state index >= 15 is 0 Å². The van der Waals surface area contributed by atoms with Gasteiger partial charge in [0.15, 0.2) is 0 Å². The van der Waals surface area contributed by atoms with Crippen LogP contribution in [-0.2, 0) is 11.2 Å². The summed E-state index contributed by atoms with van der Waals surface area (Å²) in [5, 5.41) is 12.8. The summed E-state index contributed by atoms with van der Waals surface area (Å²) < 4.78 is 0. The number of benzene rings is 1. The molecule has 3 nitrogen and oxygen atoms in total. The summed E-state index contributed by atoms with van der Waals surface area (Å²) in [5.41, 5.74) is 0.902. The smallest absolute Gasteiger partial charge is 0.137 e. The maximum absolute atomic E-state index is 12.1. The van der Waals surface area contributed by atoms with Crippen LogP contribution in [0.2, 0.25) is 0 Å². The third-order valence-electron chi connectivity index (χ3n) is 4.00. The fourth-order valence-electron chi connectivity index (χ4n) is 2.86. The van der Waals surface area contributed by atoms with Crippen LogP contribution >= 0.6 is 0 Å². The molecule has 1 aliphatic heterocycles. The Balaban J connectivity index is 1.83. The predicted molar refractivity (Wildman–Crippen MR) is 76.2 cm³/mol. The van der Waals surface area contributed by atoms with Crippen molar-refractivity contribution in [2.45, 2.75) is 32.6 Å². The SMILES string of the molecule is CC(CC(=O)Cc1cccc(O)c1)C1CCCNC1. The highest BCUT2D eigenvalue weighted by atomic mass is 16.3. The summed E-state index contributed by atoms with van der Waals surface area (Å²) in [6.45, 7) is 4.33. The maximum atomic E-state index is 12.1. The van der Waals surface area contributed by atoms with Gasteiger partial charge in [-0.2, -0.15) is 0 Å². The molecule has 0 aromatic heterocycles. The van der Waals surface area contributed by atoms with Gasteiger partial charge in [0.1, 0.15) is 11.5 Å². The van der Waals surface area contributed by atoms with E-state index < -0.39 is 0 Å². The van der Waals surface area contributed by atoms with Crippen LogP contribution in [0.3, 0.4) is 0 Å². The molecule has 0 aliphatic carbocycles. The van der Waals surface area contributed by atoms with Gasteiger partial charge in [0, 0.05) is 12.8 Å². The van der Waals surface area contributed by atoms with Crippen molar-refractivity contribution in [1.82, 2.24) is 5.32 Å². The fourth-order valence-corrected chi connectivity index (χ4v) is 2.86. The van der Waals surface area contributed by atoms with E-state index in [2.05, 4.69) is 12.2 Å². The molecule has 1 aromatic rings. The van der Waals surface area contributed by atoms with E-state index in [-0.39, 0.29) is 11.5 Å². The van der Waals surface area contributed by atoms with Crippen molar-refractivity contribution in [1.29, 1.82) is 0 Å². The van der Waals surface area contributed by atoms with Crippen LogP contribution in [-0.4, -0.2) is 24.0 Å². The number of carbonyl (C=O) groups is 1. The van der Waals surface area contributed by atoms with Crippen LogP contribution in [0.5, 0.6) is 5.75 Å². The maximum Gasteiger partial charge on any atom is 0.137 e. The quantitative estimate of drug-likeness (QED) is 0.856. The van der Waals surface area contributed by atoms with E-state index in [1.807, 2.05) is 6.07 Å². The van der Waals surface area contributed by atoms with Crippen LogP contribution in [0.4, 0.5) is 0 Å². The minimum absolute atomic E-state index is 0.231. The van der Waals surface area contributed by atoms with Gasteiger partial charge in [-0.05, 0) is 55.5 Å². The number of rotatable bonds is 5. The molecule has 2 N–H and O–H groups in total. The second-order valence-corrected chi connectivity index (χ2v) is 5.67. The number of aromatic hydroxyl groups is 1. The van der Waals surface area contributed by atoms with E-state index in [1.165, 1.54) is 12.8 Å². The van der Waals surface area contributed by atoms with Crippen LogP contribution in [0.25, 0.3) is 0 Å². The third kappa shape index (κ3) is 4.35. The van der Waals surface area contributed by atoms with Crippen molar-refractivity contribution in [2.75, 3.05) is 13.1 Å². The van der Waals surface area contributed by atoms with Crippen LogP contribution < -0.4 is 5.32 Å². The second-order valence-electron chi connectivity index (χ2n) is 5.67.